The highest BCUT2D eigenvalue weighted by Gasteiger charge is 2.23. The summed E-state index contributed by atoms with van der Waals surface area (Å²) in [6.45, 7) is 2.04. The van der Waals surface area contributed by atoms with E-state index >= 15 is 0 Å². The van der Waals surface area contributed by atoms with Gasteiger partial charge in [-0.25, -0.2) is 17.9 Å². The van der Waals surface area contributed by atoms with Crippen LogP contribution < -0.4 is 21.3 Å². The summed E-state index contributed by atoms with van der Waals surface area (Å²) in [6, 6.07) is 0. The Morgan fingerprint density at radius 3 is 2.52 bits per heavy atom. The number of aryl methyl sites for hydroxylation is 1. The molecule has 1 aliphatic heterocycles. The van der Waals surface area contributed by atoms with E-state index in [1.54, 1.807) is 0 Å². The van der Waals surface area contributed by atoms with E-state index in [-0.39, 0.29) is 5.92 Å². The third kappa shape index (κ3) is 3.42. The van der Waals surface area contributed by atoms with Crippen molar-refractivity contribution < 1.29 is 8.42 Å². The fraction of sp³-hybridized carbons (Fsp3) is 0.667. The lowest BCUT2D eigenvalue weighted by molar-refractivity contribution is 0.372. The monoisotopic (exact) mass is 316 g/mol. The molecule has 0 aromatic carbocycles. The Morgan fingerprint density at radius 1 is 1.29 bits per heavy atom. The molecule has 0 radical (unpaired) electrons. The van der Waals surface area contributed by atoms with Crippen LogP contribution in [0, 0.1) is 5.92 Å². The van der Waals surface area contributed by atoms with Crippen LogP contribution in [0.5, 0.6) is 0 Å². The predicted molar refractivity (Wildman–Crippen MR) is 77.7 cm³/mol. The highest BCUT2D eigenvalue weighted by molar-refractivity contribution is 7.89. The van der Waals surface area contributed by atoms with Gasteiger partial charge >= 0.3 is 5.69 Å². The number of nitrogens with one attached hydrogen (secondary N) is 2. The zero-order valence-corrected chi connectivity index (χ0v) is 12.9. The summed E-state index contributed by atoms with van der Waals surface area (Å²) in [5, 5.41) is 3.21. The fourth-order valence-corrected chi connectivity index (χ4v) is 3.62. The van der Waals surface area contributed by atoms with Gasteiger partial charge in [-0.05, 0) is 31.8 Å². The second-order valence-electron chi connectivity index (χ2n) is 5.30. The Hall–Kier alpha value is -1.45. The minimum Gasteiger partial charge on any atom is -0.317 e. The van der Waals surface area contributed by atoms with E-state index < -0.39 is 26.2 Å². The predicted octanol–water partition coefficient (Wildman–Crippen LogP) is -1.64. The van der Waals surface area contributed by atoms with Crippen molar-refractivity contribution in [2.24, 2.45) is 20.0 Å². The summed E-state index contributed by atoms with van der Waals surface area (Å²) in [5.41, 5.74) is -1.37. The van der Waals surface area contributed by atoms with Crippen molar-refractivity contribution in [2.45, 2.75) is 17.7 Å². The molecule has 0 saturated carbocycles. The van der Waals surface area contributed by atoms with Crippen LogP contribution in [-0.4, -0.2) is 37.2 Å². The molecule has 0 bridgehead atoms. The number of hydrogen-bond donors (Lipinski definition) is 2. The molecule has 1 fully saturated rings. The van der Waals surface area contributed by atoms with E-state index in [1.807, 2.05) is 0 Å². The lowest BCUT2D eigenvalue weighted by atomic mass is 9.99. The molecule has 2 N–H and O–H groups in total. The maximum absolute atomic E-state index is 12.3. The fourth-order valence-electron chi connectivity index (χ4n) is 2.35. The first-order valence-corrected chi connectivity index (χ1v) is 8.28. The Kier molecular flexibility index (Phi) is 4.64. The van der Waals surface area contributed by atoms with Crippen LogP contribution in [0.25, 0.3) is 0 Å². The van der Waals surface area contributed by atoms with Crippen LogP contribution in [0.4, 0.5) is 0 Å². The van der Waals surface area contributed by atoms with Crippen molar-refractivity contribution in [3.63, 3.8) is 0 Å². The van der Waals surface area contributed by atoms with Gasteiger partial charge in [0.15, 0.2) is 4.90 Å². The summed E-state index contributed by atoms with van der Waals surface area (Å²) < 4.78 is 28.9. The lowest BCUT2D eigenvalue weighted by Crippen LogP contribution is -2.42. The summed E-state index contributed by atoms with van der Waals surface area (Å²) in [7, 11) is -1.24. The van der Waals surface area contributed by atoms with Crippen LogP contribution in [0.2, 0.25) is 0 Å². The first-order valence-electron chi connectivity index (χ1n) is 6.80. The normalized spacial score (nSPS) is 17.0. The SMILES string of the molecule is Cn1cc(S(=O)(=O)NCC2CCNCC2)c(=O)n(C)c1=O. The van der Waals surface area contributed by atoms with Gasteiger partial charge in [0.1, 0.15) is 0 Å². The number of hydrogen-bond acceptors (Lipinski definition) is 5. The topological polar surface area (TPSA) is 102 Å². The summed E-state index contributed by atoms with van der Waals surface area (Å²) in [5.74, 6) is 0.261. The summed E-state index contributed by atoms with van der Waals surface area (Å²) in [6.07, 6.45) is 2.86. The van der Waals surface area contributed by atoms with Crippen molar-refractivity contribution in [1.82, 2.24) is 19.2 Å². The van der Waals surface area contributed by atoms with Gasteiger partial charge in [0, 0.05) is 26.8 Å². The zero-order valence-electron chi connectivity index (χ0n) is 12.1. The van der Waals surface area contributed by atoms with Crippen LogP contribution >= 0.6 is 0 Å². The number of nitrogens with zero attached hydrogens (tertiary/aromatic N) is 2. The molecule has 1 saturated heterocycles. The smallest absolute Gasteiger partial charge is 0.317 e. The van der Waals surface area contributed by atoms with E-state index in [9.17, 15) is 18.0 Å². The Labute approximate surface area is 122 Å². The summed E-state index contributed by atoms with van der Waals surface area (Å²) >= 11 is 0. The van der Waals surface area contributed by atoms with Crippen LogP contribution in [0.3, 0.4) is 0 Å². The standard InChI is InChI=1S/C12H20N4O4S/c1-15-8-10(11(17)16(2)12(15)18)21(19,20)14-7-9-3-5-13-6-4-9/h8-9,13-14H,3-7H2,1-2H3. The van der Waals surface area contributed by atoms with E-state index in [0.717, 1.165) is 41.3 Å². The molecule has 1 aromatic heterocycles. The second-order valence-corrected chi connectivity index (χ2v) is 7.03. The second kappa shape index (κ2) is 6.12. The molecule has 0 unspecified atom stereocenters. The Bertz CT molecular complexity index is 729. The minimum absolute atomic E-state index is 0.261. The van der Waals surface area contributed by atoms with Gasteiger partial charge in [-0.15, -0.1) is 0 Å². The van der Waals surface area contributed by atoms with Crippen molar-refractivity contribution in [3.05, 3.63) is 27.0 Å². The first-order chi connectivity index (χ1) is 9.83. The number of rotatable bonds is 4. The molecule has 0 atom stereocenters. The maximum Gasteiger partial charge on any atom is 0.330 e. The van der Waals surface area contributed by atoms with Gasteiger partial charge in [-0.3, -0.25) is 9.36 Å². The highest BCUT2D eigenvalue weighted by Crippen LogP contribution is 2.11. The molecular formula is C12H20N4O4S. The minimum atomic E-state index is -3.92. The first kappa shape index (κ1) is 15.9. The number of aromatic nitrogens is 2. The van der Waals surface area contributed by atoms with Crippen LogP contribution in [0.15, 0.2) is 20.7 Å². The zero-order chi connectivity index (χ0) is 15.6. The molecule has 118 valence electrons. The number of sulfonamides is 1. The number of piperidine rings is 1. The van der Waals surface area contributed by atoms with Gasteiger partial charge in [0.25, 0.3) is 5.56 Å². The van der Waals surface area contributed by atoms with Crippen molar-refractivity contribution in [2.75, 3.05) is 19.6 Å². The average Bonchev–Trinajstić information content (AvgIpc) is 2.48. The van der Waals surface area contributed by atoms with Gasteiger partial charge in [-0.2, -0.15) is 0 Å². The lowest BCUT2D eigenvalue weighted by Gasteiger charge is -2.22. The van der Waals surface area contributed by atoms with Crippen molar-refractivity contribution in [3.8, 4) is 0 Å². The molecule has 2 rings (SSSR count). The Morgan fingerprint density at radius 2 is 1.90 bits per heavy atom. The van der Waals surface area contributed by atoms with Crippen molar-refractivity contribution in [1.29, 1.82) is 0 Å². The molecule has 8 nitrogen and oxygen atoms in total. The van der Waals surface area contributed by atoms with Crippen molar-refractivity contribution >= 4 is 10.0 Å². The third-order valence-corrected chi connectivity index (χ3v) is 5.13. The molecule has 0 spiro atoms. The molecule has 1 aliphatic rings. The van der Waals surface area contributed by atoms with Gasteiger partial charge in [-0.1, -0.05) is 0 Å². The average molecular weight is 316 g/mol. The van der Waals surface area contributed by atoms with Gasteiger partial charge in [0.05, 0.1) is 0 Å². The van der Waals surface area contributed by atoms with E-state index in [1.165, 1.54) is 14.1 Å². The molecule has 21 heavy (non-hydrogen) atoms. The van der Waals surface area contributed by atoms with E-state index in [2.05, 4.69) is 10.0 Å². The van der Waals surface area contributed by atoms with Crippen LogP contribution in [-0.2, 0) is 24.1 Å². The molecule has 0 amide bonds. The molecule has 1 aromatic rings. The largest absolute Gasteiger partial charge is 0.330 e. The molecular weight excluding hydrogens is 296 g/mol. The Balaban J connectivity index is 2.23. The van der Waals surface area contributed by atoms with Crippen LogP contribution in [0.1, 0.15) is 12.8 Å². The van der Waals surface area contributed by atoms with Gasteiger partial charge in [0.2, 0.25) is 10.0 Å². The molecule has 0 aliphatic carbocycles. The summed E-state index contributed by atoms with van der Waals surface area (Å²) in [4.78, 5) is 23.1. The molecule has 9 heteroatoms. The van der Waals surface area contributed by atoms with Gasteiger partial charge < -0.3 is 9.88 Å². The maximum atomic E-state index is 12.3. The quantitative estimate of drug-likeness (QED) is 0.694. The molecule has 2 heterocycles. The van der Waals surface area contributed by atoms with E-state index in [0.29, 0.717) is 6.54 Å². The third-order valence-electron chi connectivity index (χ3n) is 3.73. The van der Waals surface area contributed by atoms with E-state index in [4.69, 9.17) is 0 Å². The highest BCUT2D eigenvalue weighted by atomic mass is 32.2.